The Morgan fingerprint density at radius 3 is 2.00 bits per heavy atom. The molecule has 1 N–H and O–H groups in total. The van der Waals surface area contributed by atoms with Crippen LogP contribution >= 0.6 is 0 Å². The van der Waals surface area contributed by atoms with Crippen LogP contribution in [0.5, 0.6) is 11.5 Å². The van der Waals surface area contributed by atoms with Crippen LogP contribution in [0.4, 0.5) is 0 Å². The summed E-state index contributed by atoms with van der Waals surface area (Å²) in [5.74, 6) is -0.0647. The van der Waals surface area contributed by atoms with Crippen LogP contribution in [0, 0.1) is 0 Å². The molecule has 206 valence electrons. The van der Waals surface area contributed by atoms with E-state index in [4.69, 9.17) is 9.47 Å². The third-order valence-electron chi connectivity index (χ3n) is 6.94. The smallest absolute Gasteiger partial charge is 0.295 e. The number of aliphatic hydroxyl groups is 1. The van der Waals surface area contributed by atoms with Crippen molar-refractivity contribution in [2.24, 2.45) is 0 Å². The topological polar surface area (TPSA) is 79.3 Å². The minimum absolute atomic E-state index is 0.109. The molecule has 0 saturated carbocycles. The van der Waals surface area contributed by atoms with Crippen LogP contribution in [0.3, 0.4) is 0 Å². The van der Waals surface area contributed by atoms with Crippen molar-refractivity contribution in [1.29, 1.82) is 0 Å². The van der Waals surface area contributed by atoms with Gasteiger partial charge < -0.3 is 24.4 Å². The maximum atomic E-state index is 13.3. The number of ether oxygens (including phenoxy) is 2. The molecule has 1 aliphatic rings. The lowest BCUT2D eigenvalue weighted by molar-refractivity contribution is -0.140. The molecule has 0 aliphatic carbocycles. The fourth-order valence-corrected chi connectivity index (χ4v) is 4.84. The van der Waals surface area contributed by atoms with Crippen molar-refractivity contribution in [3.05, 3.63) is 65.2 Å². The molecule has 7 nitrogen and oxygen atoms in total. The number of hydrogen-bond acceptors (Lipinski definition) is 6. The summed E-state index contributed by atoms with van der Waals surface area (Å²) < 4.78 is 10.8. The number of amides is 1. The molecule has 1 aliphatic heterocycles. The summed E-state index contributed by atoms with van der Waals surface area (Å²) in [6.07, 6.45) is 5.31. The average Bonchev–Trinajstić information content (AvgIpc) is 3.19. The standard InChI is InChI=1S/C31H42N2O5/c1-5-8-19-32(20-9-6-2)21-10-22-33-28(23-11-17-26(18-12-23)38-7-3)27(30(35)31(33)36)29(34)24-13-15-25(37-4)16-14-24/h11-18,28,34H,5-10,19-22H2,1-4H3/t28-/m1/s1. The summed E-state index contributed by atoms with van der Waals surface area (Å²) in [5, 5.41) is 11.3. The van der Waals surface area contributed by atoms with Crippen LogP contribution in [0.25, 0.3) is 5.76 Å². The molecule has 0 spiro atoms. The number of carbonyl (C=O) groups excluding carboxylic acids is 2. The number of Topliss-reactive ketones (excluding diaryl/α,β-unsaturated/α-hetero) is 1. The Kier molecular flexibility index (Phi) is 11.2. The fourth-order valence-electron chi connectivity index (χ4n) is 4.84. The quantitative estimate of drug-likeness (QED) is 0.181. The number of hydrogen-bond donors (Lipinski definition) is 1. The Bertz CT molecular complexity index is 1070. The first-order valence-corrected chi connectivity index (χ1v) is 13.8. The van der Waals surface area contributed by atoms with E-state index in [0.29, 0.717) is 30.2 Å². The van der Waals surface area contributed by atoms with Gasteiger partial charge >= 0.3 is 0 Å². The highest BCUT2D eigenvalue weighted by atomic mass is 16.5. The normalized spacial score (nSPS) is 16.9. The van der Waals surface area contributed by atoms with E-state index in [1.54, 1.807) is 36.3 Å². The summed E-state index contributed by atoms with van der Waals surface area (Å²) in [6.45, 7) is 10.2. The van der Waals surface area contributed by atoms with Crippen molar-refractivity contribution < 1.29 is 24.2 Å². The van der Waals surface area contributed by atoms with Crippen molar-refractivity contribution >= 4 is 17.4 Å². The van der Waals surface area contributed by atoms with E-state index < -0.39 is 17.7 Å². The minimum Gasteiger partial charge on any atom is -0.507 e. The first kappa shape index (κ1) is 29.2. The van der Waals surface area contributed by atoms with Gasteiger partial charge in [0.25, 0.3) is 11.7 Å². The lowest BCUT2D eigenvalue weighted by atomic mass is 9.95. The molecule has 0 unspecified atom stereocenters. The van der Waals surface area contributed by atoms with Gasteiger partial charge in [0, 0.05) is 12.1 Å². The summed E-state index contributed by atoms with van der Waals surface area (Å²) in [4.78, 5) is 30.7. The van der Waals surface area contributed by atoms with E-state index in [0.717, 1.165) is 57.3 Å². The lowest BCUT2D eigenvalue weighted by Crippen LogP contribution is -2.34. The first-order chi connectivity index (χ1) is 18.4. The monoisotopic (exact) mass is 522 g/mol. The molecule has 0 aromatic heterocycles. The average molecular weight is 523 g/mol. The predicted octanol–water partition coefficient (Wildman–Crippen LogP) is 5.81. The van der Waals surface area contributed by atoms with E-state index >= 15 is 0 Å². The number of nitrogens with zero attached hydrogens (tertiary/aromatic N) is 2. The number of aliphatic hydroxyl groups excluding tert-OH is 1. The Labute approximate surface area is 227 Å². The van der Waals surface area contributed by atoms with Crippen molar-refractivity contribution in [1.82, 2.24) is 9.80 Å². The molecule has 38 heavy (non-hydrogen) atoms. The molecule has 1 atom stereocenters. The van der Waals surface area contributed by atoms with E-state index in [1.165, 1.54) is 0 Å². The first-order valence-electron chi connectivity index (χ1n) is 13.8. The van der Waals surface area contributed by atoms with Crippen molar-refractivity contribution in [3.8, 4) is 11.5 Å². The molecular weight excluding hydrogens is 480 g/mol. The van der Waals surface area contributed by atoms with E-state index in [1.807, 2.05) is 31.2 Å². The highest BCUT2D eigenvalue weighted by Gasteiger charge is 2.45. The molecule has 2 aromatic carbocycles. The number of likely N-dealkylation sites (tertiary alicyclic amines) is 1. The fraction of sp³-hybridized carbons (Fsp3) is 0.484. The number of carbonyl (C=O) groups is 2. The van der Waals surface area contributed by atoms with Gasteiger partial charge in [-0.3, -0.25) is 9.59 Å². The van der Waals surface area contributed by atoms with Gasteiger partial charge in [-0.1, -0.05) is 38.8 Å². The summed E-state index contributed by atoms with van der Waals surface area (Å²) in [6, 6.07) is 13.6. The molecule has 7 heteroatoms. The highest BCUT2D eigenvalue weighted by molar-refractivity contribution is 6.46. The van der Waals surface area contributed by atoms with Gasteiger partial charge in [-0.05, 0) is 87.8 Å². The van der Waals surface area contributed by atoms with Gasteiger partial charge in [-0.15, -0.1) is 0 Å². The Morgan fingerprint density at radius 1 is 0.868 bits per heavy atom. The molecule has 0 bridgehead atoms. The number of methoxy groups -OCH3 is 1. The second-order valence-corrected chi connectivity index (χ2v) is 9.63. The maximum absolute atomic E-state index is 13.3. The highest BCUT2D eigenvalue weighted by Crippen LogP contribution is 2.40. The lowest BCUT2D eigenvalue weighted by Gasteiger charge is -2.27. The van der Waals surface area contributed by atoms with Crippen molar-refractivity contribution in [2.75, 3.05) is 39.9 Å². The zero-order chi connectivity index (χ0) is 27.5. The van der Waals surface area contributed by atoms with Crippen LogP contribution < -0.4 is 9.47 Å². The Balaban J connectivity index is 1.92. The van der Waals surface area contributed by atoms with Crippen molar-refractivity contribution in [3.63, 3.8) is 0 Å². The van der Waals surface area contributed by atoms with Crippen LogP contribution in [0.2, 0.25) is 0 Å². The third-order valence-corrected chi connectivity index (χ3v) is 6.94. The molecule has 1 amide bonds. The van der Waals surface area contributed by atoms with E-state index in [9.17, 15) is 14.7 Å². The van der Waals surface area contributed by atoms with Gasteiger partial charge in [-0.2, -0.15) is 0 Å². The minimum atomic E-state index is -0.674. The second-order valence-electron chi connectivity index (χ2n) is 9.63. The van der Waals surface area contributed by atoms with Gasteiger partial charge in [-0.25, -0.2) is 0 Å². The Hall–Kier alpha value is -3.32. The molecule has 1 fully saturated rings. The number of rotatable bonds is 15. The third kappa shape index (κ3) is 7.16. The summed E-state index contributed by atoms with van der Waals surface area (Å²) in [5.41, 5.74) is 1.33. The molecule has 1 heterocycles. The van der Waals surface area contributed by atoms with Crippen LogP contribution in [-0.4, -0.2) is 66.5 Å². The van der Waals surface area contributed by atoms with Crippen LogP contribution in [-0.2, 0) is 9.59 Å². The zero-order valence-electron chi connectivity index (χ0n) is 23.2. The molecule has 3 rings (SSSR count). The number of ketones is 1. The van der Waals surface area contributed by atoms with Crippen LogP contribution in [0.15, 0.2) is 54.1 Å². The van der Waals surface area contributed by atoms with E-state index in [-0.39, 0.29) is 11.3 Å². The maximum Gasteiger partial charge on any atom is 0.295 e. The van der Waals surface area contributed by atoms with E-state index in [2.05, 4.69) is 18.7 Å². The van der Waals surface area contributed by atoms with Gasteiger partial charge in [0.2, 0.25) is 0 Å². The van der Waals surface area contributed by atoms with Crippen molar-refractivity contribution in [2.45, 2.75) is 58.9 Å². The summed E-state index contributed by atoms with van der Waals surface area (Å²) >= 11 is 0. The SMILES string of the molecule is CCCCN(CCCC)CCCN1C(=O)C(=O)C(=C(O)c2ccc(OC)cc2)[C@H]1c1ccc(OCC)cc1. The predicted molar refractivity (Wildman–Crippen MR) is 150 cm³/mol. The largest absolute Gasteiger partial charge is 0.507 e. The molecule has 2 aromatic rings. The zero-order valence-corrected chi connectivity index (χ0v) is 23.2. The Morgan fingerprint density at radius 2 is 1.45 bits per heavy atom. The molecular formula is C31H42N2O5. The number of benzene rings is 2. The second kappa shape index (κ2) is 14.6. The number of unbranched alkanes of at least 4 members (excludes halogenated alkanes) is 2. The summed E-state index contributed by atoms with van der Waals surface area (Å²) in [7, 11) is 1.57. The molecule has 1 saturated heterocycles. The van der Waals surface area contributed by atoms with Gasteiger partial charge in [0.05, 0.1) is 25.3 Å². The molecule has 0 radical (unpaired) electrons. The van der Waals surface area contributed by atoms with Gasteiger partial charge in [0.15, 0.2) is 0 Å². The van der Waals surface area contributed by atoms with Crippen LogP contribution in [0.1, 0.15) is 70.0 Å². The van der Waals surface area contributed by atoms with Gasteiger partial charge in [0.1, 0.15) is 17.3 Å².